The van der Waals surface area contributed by atoms with E-state index < -0.39 is 0 Å². The molecule has 0 bridgehead atoms. The van der Waals surface area contributed by atoms with Crippen LogP contribution in [0.4, 0.5) is 0 Å². The second-order valence-electron chi connectivity index (χ2n) is 1.63. The first-order valence-electron chi connectivity index (χ1n) is 2.59. The molecular formula is C6H7ClZr. The zero-order valence-corrected chi connectivity index (χ0v) is 7.74. The van der Waals surface area contributed by atoms with Crippen LogP contribution in [0.2, 0.25) is 0 Å². The molecule has 0 N–H and O–H groups in total. The van der Waals surface area contributed by atoms with Crippen LogP contribution in [0.5, 0.6) is 0 Å². The first-order chi connectivity index (χ1) is 3.93. The van der Waals surface area contributed by atoms with Gasteiger partial charge in [-0.3, -0.25) is 0 Å². The number of halogens is 1. The van der Waals surface area contributed by atoms with E-state index in [0.717, 1.165) is 3.59 Å². The molecule has 2 heteroatoms. The summed E-state index contributed by atoms with van der Waals surface area (Å²) in [5.74, 6) is 0. The summed E-state index contributed by atoms with van der Waals surface area (Å²) in [6, 6.07) is 0. The van der Waals surface area contributed by atoms with Gasteiger partial charge in [0.15, 0.2) is 0 Å². The van der Waals surface area contributed by atoms with E-state index in [1.165, 1.54) is 6.42 Å². The van der Waals surface area contributed by atoms with Crippen LogP contribution in [-0.2, 0) is 23.2 Å². The predicted octanol–water partition coefficient (Wildman–Crippen LogP) is 2.11. The Labute approximate surface area is 66.2 Å². The van der Waals surface area contributed by atoms with Crippen LogP contribution in [0, 0.1) is 0 Å². The molecule has 1 aliphatic carbocycles. The number of allylic oxidation sites excluding steroid dienone is 4. The van der Waals surface area contributed by atoms with Crippen molar-refractivity contribution >= 4 is 11.6 Å². The van der Waals surface area contributed by atoms with Gasteiger partial charge >= 0.3 is 66.4 Å². The normalized spacial score (nSPS) is 16.4. The van der Waals surface area contributed by atoms with Gasteiger partial charge in [-0.2, -0.15) is 0 Å². The van der Waals surface area contributed by atoms with E-state index in [2.05, 4.69) is 18.2 Å². The Hall–Kier alpha value is 0.653. The van der Waals surface area contributed by atoms with Crippen molar-refractivity contribution in [2.24, 2.45) is 0 Å². The van der Waals surface area contributed by atoms with Crippen LogP contribution in [0.15, 0.2) is 21.5 Å². The molecule has 0 unspecified atom stereocenters. The number of alkyl halides is 1. The fourth-order valence-corrected chi connectivity index (χ4v) is 3.27. The second kappa shape index (κ2) is 3.64. The van der Waals surface area contributed by atoms with Crippen LogP contribution in [0.1, 0.15) is 6.42 Å². The Morgan fingerprint density at radius 2 is 2.62 bits per heavy atom. The molecule has 0 nitrogen and oxygen atoms in total. The molecule has 1 rings (SSSR count). The van der Waals surface area contributed by atoms with E-state index in [0.29, 0.717) is 0 Å². The van der Waals surface area contributed by atoms with Crippen LogP contribution < -0.4 is 0 Å². The molecule has 0 heterocycles. The third kappa shape index (κ3) is 1.87. The van der Waals surface area contributed by atoms with Gasteiger partial charge in [0.05, 0.1) is 0 Å². The first-order valence-corrected chi connectivity index (χ1v) is 6.09. The summed E-state index contributed by atoms with van der Waals surface area (Å²) in [5.41, 5.74) is 0. The maximum absolute atomic E-state index is 5.59. The van der Waals surface area contributed by atoms with Crippen molar-refractivity contribution in [3.8, 4) is 0 Å². The third-order valence-corrected chi connectivity index (χ3v) is 4.21. The van der Waals surface area contributed by atoms with Gasteiger partial charge in [-0.25, -0.2) is 0 Å². The van der Waals surface area contributed by atoms with Crippen LogP contribution in [0.25, 0.3) is 0 Å². The summed E-state index contributed by atoms with van der Waals surface area (Å²) in [5, 5.41) is 0. The molecule has 0 aromatic heterocycles. The van der Waals surface area contributed by atoms with E-state index in [1.54, 1.807) is 3.28 Å². The molecule has 8 heavy (non-hydrogen) atoms. The molecule has 0 amide bonds. The van der Waals surface area contributed by atoms with E-state index in [-0.39, 0.29) is 23.2 Å². The quantitative estimate of drug-likeness (QED) is 0.606. The van der Waals surface area contributed by atoms with E-state index in [4.69, 9.17) is 11.6 Å². The molecule has 0 spiro atoms. The standard InChI is InChI=1S/C5H5.CH2Cl.Zr/c1-2-4-5-3-1;1-2;/h1-3H,4H2;1H2;. The monoisotopic (exact) mass is 204 g/mol. The predicted molar refractivity (Wildman–Crippen MR) is 32.6 cm³/mol. The summed E-state index contributed by atoms with van der Waals surface area (Å²) in [7, 11) is 0. The number of rotatable bonds is 2. The van der Waals surface area contributed by atoms with Crippen LogP contribution >= 0.6 is 11.6 Å². The van der Waals surface area contributed by atoms with Gasteiger partial charge in [0.25, 0.3) is 0 Å². The molecule has 0 aliphatic heterocycles. The van der Waals surface area contributed by atoms with Crippen molar-refractivity contribution in [3.63, 3.8) is 0 Å². The van der Waals surface area contributed by atoms with Crippen molar-refractivity contribution in [2.45, 2.75) is 6.42 Å². The fraction of sp³-hybridized carbons (Fsp3) is 0.333. The molecule has 0 saturated heterocycles. The zero-order valence-electron chi connectivity index (χ0n) is 4.52. The van der Waals surface area contributed by atoms with Crippen molar-refractivity contribution in [3.05, 3.63) is 21.5 Å². The molecule has 0 aromatic rings. The van der Waals surface area contributed by atoms with E-state index in [9.17, 15) is 0 Å². The van der Waals surface area contributed by atoms with Gasteiger partial charge in [-0.15, -0.1) is 0 Å². The summed E-state index contributed by atoms with van der Waals surface area (Å²) < 4.78 is 2.56. The summed E-state index contributed by atoms with van der Waals surface area (Å²) >= 11 is 5.31. The Morgan fingerprint density at radius 3 is 3.12 bits per heavy atom. The average molecular weight is 206 g/mol. The zero-order chi connectivity index (χ0) is 5.82. The molecule has 0 radical (unpaired) electrons. The molecular weight excluding hydrogens is 199 g/mol. The number of hydrogen-bond donors (Lipinski definition) is 0. The number of hydrogen-bond acceptors (Lipinski definition) is 0. The minimum absolute atomic E-state index is 0.282. The Kier molecular flexibility index (Phi) is 3.08. The molecule has 0 fully saturated rings. The van der Waals surface area contributed by atoms with Crippen molar-refractivity contribution < 1.29 is 23.2 Å². The Morgan fingerprint density at radius 1 is 1.75 bits per heavy atom. The minimum atomic E-state index is -0.282. The molecule has 0 atom stereocenters. The Bertz CT molecular complexity index is 126. The summed E-state index contributed by atoms with van der Waals surface area (Å²) in [4.78, 5) is 0. The first kappa shape index (κ1) is 6.77. The summed E-state index contributed by atoms with van der Waals surface area (Å²) in [6.07, 6.45) is 7.73. The summed E-state index contributed by atoms with van der Waals surface area (Å²) in [6.45, 7) is 0. The van der Waals surface area contributed by atoms with Gasteiger partial charge < -0.3 is 0 Å². The van der Waals surface area contributed by atoms with Gasteiger partial charge in [-0.05, 0) is 0 Å². The van der Waals surface area contributed by atoms with Gasteiger partial charge in [-0.1, -0.05) is 0 Å². The van der Waals surface area contributed by atoms with Crippen molar-refractivity contribution in [1.82, 2.24) is 0 Å². The van der Waals surface area contributed by atoms with Crippen molar-refractivity contribution in [1.29, 1.82) is 0 Å². The second-order valence-corrected chi connectivity index (χ2v) is 6.32. The molecule has 0 aromatic carbocycles. The van der Waals surface area contributed by atoms with Crippen LogP contribution in [-0.4, -0.2) is 3.59 Å². The molecule has 1 aliphatic rings. The Balaban J connectivity index is 2.28. The fourth-order valence-electron chi connectivity index (χ4n) is 0.664. The SMILES string of the molecule is Cl[CH2][Zr][C]1=CC=CC1. The van der Waals surface area contributed by atoms with E-state index in [1.807, 2.05) is 0 Å². The molecule has 0 saturated carbocycles. The third-order valence-electron chi connectivity index (χ3n) is 1.07. The van der Waals surface area contributed by atoms with Gasteiger partial charge in [0, 0.05) is 0 Å². The topological polar surface area (TPSA) is 0 Å². The van der Waals surface area contributed by atoms with E-state index >= 15 is 0 Å². The van der Waals surface area contributed by atoms with Gasteiger partial charge in [0.1, 0.15) is 0 Å². The van der Waals surface area contributed by atoms with Crippen LogP contribution in [0.3, 0.4) is 0 Å². The molecule has 42 valence electrons. The maximum atomic E-state index is 5.59. The van der Waals surface area contributed by atoms with Crippen molar-refractivity contribution in [2.75, 3.05) is 3.59 Å². The average Bonchev–Trinajstić information content (AvgIpc) is 2.19. The van der Waals surface area contributed by atoms with Gasteiger partial charge in [0.2, 0.25) is 0 Å².